The number of aromatic nitrogens is 4. The number of hydrogen-bond acceptors (Lipinski definition) is 10. The van der Waals surface area contributed by atoms with Crippen LogP contribution in [0.5, 0.6) is 5.75 Å². The maximum Gasteiger partial charge on any atom is 0.459 e. The van der Waals surface area contributed by atoms with Crippen LogP contribution in [0.1, 0.15) is 13.0 Å². The zero-order valence-corrected chi connectivity index (χ0v) is 20.4. The SMILES string of the molecule is C=C1[C@@H](n2cnc3c(N)ncnc32)[C@@H](F)[C@H](O)[C@H]1COP(=O)(N[C@@H](C)C(=O)OC)Oc1ccccc1. The highest BCUT2D eigenvalue weighted by molar-refractivity contribution is 7.52. The van der Waals surface area contributed by atoms with Crippen LogP contribution in [-0.2, 0) is 18.6 Å². The summed E-state index contributed by atoms with van der Waals surface area (Å²) in [4.78, 5) is 24.0. The molecule has 1 saturated carbocycles. The third-order valence-electron chi connectivity index (χ3n) is 5.88. The van der Waals surface area contributed by atoms with Gasteiger partial charge in [-0.05, 0) is 24.6 Å². The number of esters is 1. The van der Waals surface area contributed by atoms with Crippen molar-refractivity contribution >= 4 is 30.7 Å². The van der Waals surface area contributed by atoms with Crippen molar-refractivity contribution < 1.29 is 32.6 Å². The van der Waals surface area contributed by atoms with Gasteiger partial charge in [0, 0.05) is 5.92 Å². The van der Waals surface area contributed by atoms with Gasteiger partial charge in [0.1, 0.15) is 23.6 Å². The van der Waals surface area contributed by atoms with Gasteiger partial charge in [0.05, 0.1) is 32.2 Å². The molecule has 0 saturated heterocycles. The van der Waals surface area contributed by atoms with Gasteiger partial charge in [-0.25, -0.2) is 23.9 Å². The summed E-state index contributed by atoms with van der Waals surface area (Å²) < 4.78 is 46.2. The summed E-state index contributed by atoms with van der Waals surface area (Å²) in [7, 11) is -3.01. The number of carbonyl (C=O) groups excluding carboxylic acids is 1. The summed E-state index contributed by atoms with van der Waals surface area (Å²) in [6.07, 6.45) is -0.765. The Morgan fingerprint density at radius 3 is 2.75 bits per heavy atom. The first-order valence-corrected chi connectivity index (χ1v) is 12.5. The Hall–Kier alpha value is -3.38. The van der Waals surface area contributed by atoms with Crippen molar-refractivity contribution in [2.24, 2.45) is 5.92 Å². The molecule has 0 amide bonds. The van der Waals surface area contributed by atoms with E-state index in [4.69, 9.17) is 14.8 Å². The van der Waals surface area contributed by atoms with Crippen LogP contribution in [0.3, 0.4) is 0 Å². The molecule has 2 heterocycles. The molecule has 6 atom stereocenters. The molecular weight excluding hydrogens is 494 g/mol. The minimum atomic E-state index is -4.20. The molecule has 12 nitrogen and oxygen atoms in total. The average Bonchev–Trinajstić information content (AvgIpc) is 3.37. The number of rotatable bonds is 9. The van der Waals surface area contributed by atoms with Gasteiger partial charge < -0.3 is 24.7 Å². The number of ether oxygens (including phenoxy) is 1. The van der Waals surface area contributed by atoms with E-state index < -0.39 is 50.6 Å². The van der Waals surface area contributed by atoms with E-state index in [2.05, 4.69) is 31.4 Å². The van der Waals surface area contributed by atoms with E-state index >= 15 is 4.39 Å². The van der Waals surface area contributed by atoms with Crippen molar-refractivity contribution in [1.29, 1.82) is 0 Å². The van der Waals surface area contributed by atoms with Gasteiger partial charge in [0.25, 0.3) is 0 Å². The number of nitrogens with one attached hydrogen (secondary N) is 1. The zero-order valence-electron chi connectivity index (χ0n) is 19.5. The maximum atomic E-state index is 15.3. The number of anilines is 1. The number of aliphatic hydroxyl groups excluding tert-OH is 1. The summed E-state index contributed by atoms with van der Waals surface area (Å²) in [5.74, 6) is -1.33. The Labute approximate surface area is 205 Å². The quantitative estimate of drug-likeness (QED) is 0.215. The van der Waals surface area contributed by atoms with Crippen molar-refractivity contribution in [3.63, 3.8) is 0 Å². The number of methoxy groups -OCH3 is 1. The van der Waals surface area contributed by atoms with E-state index in [1.807, 2.05) is 0 Å². The number of nitrogens with two attached hydrogens (primary N) is 1. The normalized spacial score (nSPS) is 24.4. The molecule has 0 spiro atoms. The van der Waals surface area contributed by atoms with E-state index in [1.165, 1.54) is 31.3 Å². The van der Waals surface area contributed by atoms with Crippen molar-refractivity contribution in [3.8, 4) is 5.75 Å². The van der Waals surface area contributed by atoms with Crippen LogP contribution >= 0.6 is 7.75 Å². The van der Waals surface area contributed by atoms with Gasteiger partial charge in [0.15, 0.2) is 17.6 Å². The number of aliphatic hydroxyl groups is 1. The smallest absolute Gasteiger partial charge is 0.459 e. The third-order valence-corrected chi connectivity index (χ3v) is 7.53. The first-order valence-electron chi connectivity index (χ1n) is 10.9. The van der Waals surface area contributed by atoms with Crippen LogP contribution in [-0.4, -0.2) is 62.6 Å². The number of halogens is 1. The number of fused-ring (bicyclic) bond motifs is 1. The molecule has 4 rings (SSSR count). The van der Waals surface area contributed by atoms with Crippen LogP contribution in [0.4, 0.5) is 10.2 Å². The molecule has 14 heteroatoms. The Morgan fingerprint density at radius 2 is 2.06 bits per heavy atom. The molecule has 2 aromatic heterocycles. The van der Waals surface area contributed by atoms with Crippen LogP contribution in [0.25, 0.3) is 11.2 Å². The standard InChI is InChI=1S/C22H26FN6O6P/c1-12-15(19(30)16(23)18(12)29-11-27-17-20(24)25-10-26-21(17)29)9-34-36(32,28-13(2)22(31)33-3)35-14-7-5-4-6-8-14/h4-8,10-11,13,15-16,18-19,30H,1,9H2,2-3H3,(H,28,32)(H2,24,25,26)/t13-,15-,16+,18+,19+,36?/m0/s1. The first kappa shape index (κ1) is 25.7. The highest BCUT2D eigenvalue weighted by Crippen LogP contribution is 2.48. The highest BCUT2D eigenvalue weighted by atomic mass is 31.2. The summed E-state index contributed by atoms with van der Waals surface area (Å²) >= 11 is 0. The van der Waals surface area contributed by atoms with E-state index in [1.54, 1.807) is 30.3 Å². The van der Waals surface area contributed by atoms with Crippen LogP contribution in [0, 0.1) is 5.92 Å². The summed E-state index contributed by atoms with van der Waals surface area (Å²) in [5, 5.41) is 13.2. The van der Waals surface area contributed by atoms with E-state index in [9.17, 15) is 14.5 Å². The molecule has 1 aliphatic carbocycles. The second-order valence-electron chi connectivity index (χ2n) is 8.22. The lowest BCUT2D eigenvalue weighted by Crippen LogP contribution is -2.35. The van der Waals surface area contributed by atoms with Crippen molar-refractivity contribution in [3.05, 3.63) is 55.1 Å². The maximum absolute atomic E-state index is 15.3. The Kier molecular flexibility index (Phi) is 7.36. The number of para-hydroxylation sites is 1. The molecule has 0 radical (unpaired) electrons. The molecular formula is C22H26FN6O6P. The first-order chi connectivity index (χ1) is 17.1. The predicted molar refractivity (Wildman–Crippen MR) is 128 cm³/mol. The Balaban J connectivity index is 1.56. The lowest BCUT2D eigenvalue weighted by molar-refractivity contribution is -0.142. The lowest BCUT2D eigenvalue weighted by Gasteiger charge is -2.25. The summed E-state index contributed by atoms with van der Waals surface area (Å²) in [6, 6.07) is 6.08. The number of carbonyl (C=O) groups is 1. The molecule has 3 aromatic rings. The number of hydrogen-bond donors (Lipinski definition) is 3. The fourth-order valence-electron chi connectivity index (χ4n) is 4.02. The monoisotopic (exact) mass is 520 g/mol. The van der Waals surface area contributed by atoms with Crippen LogP contribution in [0.2, 0.25) is 0 Å². The second kappa shape index (κ2) is 10.3. The molecule has 1 fully saturated rings. The molecule has 0 aliphatic heterocycles. The van der Waals surface area contributed by atoms with Gasteiger partial charge >= 0.3 is 13.7 Å². The minimum Gasteiger partial charge on any atom is -0.468 e. The number of alkyl halides is 1. The lowest BCUT2D eigenvalue weighted by atomic mass is 10.0. The number of nitrogen functional groups attached to an aromatic ring is 1. The van der Waals surface area contributed by atoms with Gasteiger partial charge in [0.2, 0.25) is 0 Å². The molecule has 36 heavy (non-hydrogen) atoms. The summed E-state index contributed by atoms with van der Waals surface area (Å²) in [5.41, 5.74) is 6.65. The molecule has 0 bridgehead atoms. The van der Waals surface area contributed by atoms with Gasteiger partial charge in [-0.15, -0.1) is 0 Å². The number of imidazole rings is 1. The molecule has 1 unspecified atom stereocenters. The second-order valence-corrected chi connectivity index (χ2v) is 9.91. The third kappa shape index (κ3) is 4.96. The molecule has 4 N–H and O–H groups in total. The Bertz CT molecular complexity index is 1310. The van der Waals surface area contributed by atoms with E-state index in [-0.39, 0.29) is 28.3 Å². The number of benzene rings is 1. The highest BCUT2D eigenvalue weighted by Gasteiger charge is 2.48. The van der Waals surface area contributed by atoms with Crippen molar-refractivity contribution in [1.82, 2.24) is 24.6 Å². The minimum absolute atomic E-state index is 0.128. The van der Waals surface area contributed by atoms with E-state index in [0.29, 0.717) is 0 Å². The van der Waals surface area contributed by atoms with E-state index in [0.717, 1.165) is 0 Å². The Morgan fingerprint density at radius 1 is 1.33 bits per heavy atom. The van der Waals surface area contributed by atoms with Gasteiger partial charge in [-0.1, -0.05) is 24.8 Å². The topological polar surface area (TPSA) is 164 Å². The average molecular weight is 520 g/mol. The van der Waals surface area contributed by atoms with Crippen LogP contribution in [0.15, 0.2) is 55.1 Å². The fraction of sp³-hybridized carbons (Fsp3) is 0.364. The molecule has 1 aromatic carbocycles. The van der Waals surface area contributed by atoms with Crippen molar-refractivity contribution in [2.75, 3.05) is 19.5 Å². The molecule has 1 aliphatic rings. The predicted octanol–water partition coefficient (Wildman–Crippen LogP) is 2.19. The fourth-order valence-corrected chi connectivity index (χ4v) is 5.53. The van der Waals surface area contributed by atoms with Gasteiger partial charge in [-0.2, -0.15) is 5.09 Å². The zero-order chi connectivity index (χ0) is 26.0. The number of nitrogens with zero attached hydrogens (tertiary/aromatic N) is 4. The summed E-state index contributed by atoms with van der Waals surface area (Å²) in [6.45, 7) is 4.96. The largest absolute Gasteiger partial charge is 0.468 e. The van der Waals surface area contributed by atoms with Crippen molar-refractivity contribution in [2.45, 2.75) is 31.3 Å². The van der Waals surface area contributed by atoms with Crippen LogP contribution < -0.4 is 15.3 Å². The van der Waals surface area contributed by atoms with Gasteiger partial charge in [-0.3, -0.25) is 9.32 Å². The molecule has 192 valence electrons.